The summed E-state index contributed by atoms with van der Waals surface area (Å²) in [5, 5.41) is 40.3. The van der Waals surface area contributed by atoms with E-state index in [4.69, 9.17) is 54.0 Å². The zero-order valence-electron chi connectivity index (χ0n) is 42.4. The Morgan fingerprint density at radius 3 is 0.764 bits per heavy atom. The molecule has 0 aliphatic rings. The third kappa shape index (κ3) is 60.5. The van der Waals surface area contributed by atoms with Crippen molar-refractivity contribution in [3.63, 3.8) is 0 Å². The number of hydrogen-bond acceptors (Lipinski definition) is 25. The lowest BCUT2D eigenvalue weighted by molar-refractivity contribution is -0.162. The number of carbonyl (C=O) groups excluding carboxylic acids is 8. The number of aliphatic carboxylic acids is 2. The van der Waals surface area contributed by atoms with Crippen molar-refractivity contribution in [3.8, 4) is 0 Å². The zero-order valence-corrected chi connectivity index (χ0v) is 42.4. The second kappa shape index (κ2) is 56.3. The molecule has 0 saturated carbocycles. The molecule has 27 nitrogen and oxygen atoms in total. The van der Waals surface area contributed by atoms with Gasteiger partial charge >= 0.3 is 59.7 Å². The van der Waals surface area contributed by atoms with Gasteiger partial charge < -0.3 is 83.9 Å². The van der Waals surface area contributed by atoms with E-state index in [9.17, 15) is 47.9 Å². The topological polar surface area (TPSA) is 424 Å². The van der Waals surface area contributed by atoms with Crippen LogP contribution in [0.2, 0.25) is 0 Å². The Hall–Kier alpha value is -5.58. The van der Waals surface area contributed by atoms with E-state index < -0.39 is 54.1 Å². The summed E-state index contributed by atoms with van der Waals surface area (Å²) < 4.78 is 48.6. The van der Waals surface area contributed by atoms with Gasteiger partial charge in [0.05, 0.1) is 54.9 Å². The Bertz CT molecular complexity index is 1330. The number of ether oxygens (including phenoxy) is 10. The van der Waals surface area contributed by atoms with Crippen molar-refractivity contribution in [2.75, 3.05) is 82.3 Å². The first-order valence-electron chi connectivity index (χ1n) is 22.6. The SMILES string of the molecule is COCC(COC(=O)CCCCC(=O)OC)OC(=O)CCCCC(=O)OC.COCC(COC(=O)CCCCC(=O)OC)OC(=O)CCCCC(=O)OC.O=C(O)CCCCC(=O)O.OCC(O)CO.[OH-].[OH-]. The highest BCUT2D eigenvalue weighted by Gasteiger charge is 2.19. The minimum Gasteiger partial charge on any atom is -0.870 e. The van der Waals surface area contributed by atoms with Crippen LogP contribution in [0.1, 0.15) is 128 Å². The predicted molar refractivity (Wildman–Crippen MR) is 245 cm³/mol. The lowest BCUT2D eigenvalue weighted by Crippen LogP contribution is -2.29. The summed E-state index contributed by atoms with van der Waals surface area (Å²) >= 11 is 0. The van der Waals surface area contributed by atoms with Crippen molar-refractivity contribution in [1.82, 2.24) is 0 Å². The molecule has 72 heavy (non-hydrogen) atoms. The number of carboxylic acids is 2. The molecule has 0 heterocycles. The van der Waals surface area contributed by atoms with Gasteiger partial charge in [0.2, 0.25) is 0 Å². The molecule has 0 bridgehead atoms. The fraction of sp³-hybridized carbons (Fsp3) is 0.778. The summed E-state index contributed by atoms with van der Waals surface area (Å²) in [4.78, 5) is 111. The number of rotatable bonds is 37. The Kier molecular flexibility index (Phi) is 60.9. The first-order chi connectivity index (χ1) is 33.3. The first-order valence-corrected chi connectivity index (χ1v) is 22.6. The van der Waals surface area contributed by atoms with E-state index >= 15 is 0 Å². The first kappa shape index (κ1) is 77.9. The average Bonchev–Trinajstić information content (AvgIpc) is 3.34. The highest BCUT2D eigenvalue weighted by atomic mass is 16.6. The van der Waals surface area contributed by atoms with Crippen LogP contribution < -0.4 is 0 Å². The fourth-order valence-electron chi connectivity index (χ4n) is 4.78. The van der Waals surface area contributed by atoms with Crippen LogP contribution in [-0.2, 0) is 95.3 Å². The van der Waals surface area contributed by atoms with Gasteiger partial charge in [-0.15, -0.1) is 0 Å². The molecule has 0 aliphatic heterocycles. The van der Waals surface area contributed by atoms with Crippen LogP contribution in [0.5, 0.6) is 0 Å². The van der Waals surface area contributed by atoms with Crippen LogP contribution in [0.3, 0.4) is 0 Å². The molecule has 0 amide bonds. The average molecular weight is 1050 g/mol. The molecule has 0 aromatic rings. The van der Waals surface area contributed by atoms with Crippen molar-refractivity contribution in [1.29, 1.82) is 0 Å². The maximum Gasteiger partial charge on any atom is 0.306 e. The lowest BCUT2D eigenvalue weighted by atomic mass is 10.2. The second-order valence-electron chi connectivity index (χ2n) is 14.6. The number of methoxy groups -OCH3 is 6. The van der Waals surface area contributed by atoms with E-state index in [-0.39, 0.29) is 139 Å². The highest BCUT2D eigenvalue weighted by Crippen LogP contribution is 2.09. The maximum atomic E-state index is 11.8. The molecule has 0 saturated heterocycles. The van der Waals surface area contributed by atoms with Gasteiger partial charge in [0.15, 0.2) is 12.2 Å². The van der Waals surface area contributed by atoms with Gasteiger partial charge in [-0.3, -0.25) is 47.9 Å². The van der Waals surface area contributed by atoms with Crippen molar-refractivity contribution in [2.45, 2.75) is 147 Å². The largest absolute Gasteiger partial charge is 0.870 e. The highest BCUT2D eigenvalue weighted by molar-refractivity contribution is 5.73. The van der Waals surface area contributed by atoms with Crippen LogP contribution >= 0.6 is 0 Å². The maximum absolute atomic E-state index is 11.8. The van der Waals surface area contributed by atoms with Gasteiger partial charge in [-0.05, 0) is 64.2 Å². The molecule has 0 spiro atoms. The van der Waals surface area contributed by atoms with Crippen molar-refractivity contribution >= 4 is 59.7 Å². The fourth-order valence-corrected chi connectivity index (χ4v) is 4.78. The lowest BCUT2D eigenvalue weighted by Gasteiger charge is -2.17. The number of hydrogen-bond donors (Lipinski definition) is 5. The number of unbranched alkanes of at least 4 members (excludes halogenated alkanes) is 5. The monoisotopic (exact) mass is 1050 g/mol. The van der Waals surface area contributed by atoms with E-state index in [2.05, 4.69) is 18.9 Å². The van der Waals surface area contributed by atoms with E-state index in [1.54, 1.807) is 0 Å². The molecule has 0 radical (unpaired) electrons. The molecule has 424 valence electrons. The summed E-state index contributed by atoms with van der Waals surface area (Å²) in [5.41, 5.74) is 0. The third-order valence-corrected chi connectivity index (χ3v) is 8.57. The Morgan fingerprint density at radius 2 is 0.569 bits per heavy atom. The second-order valence-corrected chi connectivity index (χ2v) is 14.6. The molecular weight excluding hydrogens is 972 g/mol. The Labute approximate surface area is 419 Å². The van der Waals surface area contributed by atoms with Gasteiger partial charge in [0.25, 0.3) is 0 Å². The summed E-state index contributed by atoms with van der Waals surface area (Å²) in [5.74, 6) is -4.78. The zero-order chi connectivity index (χ0) is 54.0. The molecule has 27 heteroatoms. The molecule has 0 aromatic carbocycles. The van der Waals surface area contributed by atoms with Gasteiger partial charge in [0.1, 0.15) is 19.3 Å². The summed E-state index contributed by atoms with van der Waals surface area (Å²) in [6.45, 7) is -0.727. The van der Waals surface area contributed by atoms with E-state index in [0.29, 0.717) is 64.2 Å². The Morgan fingerprint density at radius 1 is 0.347 bits per heavy atom. The predicted octanol–water partition coefficient (Wildman–Crippen LogP) is 1.80. The Balaban J connectivity index is -0.000000227. The molecular formula is C45H80O27-2. The summed E-state index contributed by atoms with van der Waals surface area (Å²) in [6.07, 6.45) is 4.42. The van der Waals surface area contributed by atoms with Gasteiger partial charge in [-0.1, -0.05) is 0 Å². The van der Waals surface area contributed by atoms with Crippen LogP contribution in [0.15, 0.2) is 0 Å². The van der Waals surface area contributed by atoms with Gasteiger partial charge in [0, 0.05) is 78.4 Å². The quantitative estimate of drug-likeness (QED) is 0.0336. The van der Waals surface area contributed by atoms with Crippen LogP contribution in [-0.4, -0.2) is 197 Å². The molecule has 0 aromatic heterocycles. The number of carboxylic acid groups (broad SMARTS) is 2. The van der Waals surface area contributed by atoms with Crippen LogP contribution in [0.25, 0.3) is 0 Å². The minimum absolute atomic E-state index is 0. The number of carbonyl (C=O) groups is 10. The number of esters is 8. The molecule has 0 aliphatic carbocycles. The summed E-state index contributed by atoms with van der Waals surface area (Å²) in [7, 11) is 8.15. The van der Waals surface area contributed by atoms with E-state index in [1.807, 2.05) is 0 Å². The molecule has 0 rings (SSSR count). The van der Waals surface area contributed by atoms with E-state index in [0.717, 1.165) is 0 Å². The molecule has 7 N–H and O–H groups in total. The normalized spacial score (nSPS) is 10.6. The molecule has 0 fully saturated rings. The van der Waals surface area contributed by atoms with Crippen molar-refractivity contribution in [2.24, 2.45) is 0 Å². The number of aliphatic hydroxyl groups is 3. The van der Waals surface area contributed by atoms with Crippen molar-refractivity contribution in [3.05, 3.63) is 0 Å². The minimum atomic E-state index is -0.954. The summed E-state index contributed by atoms with van der Waals surface area (Å²) in [6, 6.07) is 0. The van der Waals surface area contributed by atoms with Crippen LogP contribution in [0.4, 0.5) is 0 Å². The standard InChI is InChI=1S/2C18H30O9.C6H10O4.C3H8O3.2H2O/c2*1-23-12-14(27-18(22)11-7-5-9-16(20)25-3)13-26-17(21)10-6-4-8-15(19)24-2;7-5(8)3-1-2-4-6(9)10;4-1-3(6)2-5;;/h2*14H,4-13H2,1-3H3;1-4H2,(H,7,8)(H,9,10);3-6H,1-2H2;2*1H2/p-2. The molecule has 2 atom stereocenters. The van der Waals surface area contributed by atoms with E-state index in [1.165, 1.54) is 42.7 Å². The third-order valence-electron chi connectivity index (χ3n) is 8.57. The van der Waals surface area contributed by atoms with Crippen molar-refractivity contribution < 1.29 is 132 Å². The van der Waals surface area contributed by atoms with Crippen LogP contribution in [0, 0.1) is 0 Å². The molecule has 2 unspecified atom stereocenters. The van der Waals surface area contributed by atoms with Gasteiger partial charge in [-0.2, -0.15) is 0 Å². The van der Waals surface area contributed by atoms with Gasteiger partial charge in [-0.25, -0.2) is 0 Å². The smallest absolute Gasteiger partial charge is 0.306 e. The number of aliphatic hydroxyl groups excluding tert-OH is 3.